The summed E-state index contributed by atoms with van der Waals surface area (Å²) in [6, 6.07) is 10.7. The molecule has 0 aliphatic rings. The fraction of sp³-hybridized carbons (Fsp3) is 0.250. The van der Waals surface area contributed by atoms with Gasteiger partial charge in [-0.15, -0.1) is 11.3 Å². The Morgan fingerprint density at radius 1 is 1.14 bits per heavy atom. The molecule has 0 aliphatic carbocycles. The Kier molecular flexibility index (Phi) is 6.08. The van der Waals surface area contributed by atoms with E-state index in [1.165, 1.54) is 17.4 Å². The SMILES string of the molecule is CN(CCc1ccccn1)C(=O)Cc1csc(-c2cccc(C(F)(F)F)c2)n1. The van der Waals surface area contributed by atoms with E-state index in [1.54, 1.807) is 29.6 Å². The van der Waals surface area contributed by atoms with Crippen LogP contribution in [0.4, 0.5) is 13.2 Å². The number of aromatic nitrogens is 2. The van der Waals surface area contributed by atoms with E-state index in [9.17, 15) is 18.0 Å². The Morgan fingerprint density at radius 3 is 2.68 bits per heavy atom. The Balaban J connectivity index is 1.62. The normalized spacial score (nSPS) is 11.4. The number of likely N-dealkylation sites (N-methyl/N-ethyl adjacent to an activating group) is 1. The summed E-state index contributed by atoms with van der Waals surface area (Å²) in [6.45, 7) is 0.528. The van der Waals surface area contributed by atoms with Crippen LogP contribution in [-0.2, 0) is 23.8 Å². The van der Waals surface area contributed by atoms with Gasteiger partial charge in [-0.05, 0) is 24.3 Å². The molecule has 28 heavy (non-hydrogen) atoms. The highest BCUT2D eigenvalue weighted by atomic mass is 32.1. The van der Waals surface area contributed by atoms with Crippen LogP contribution in [0.2, 0.25) is 0 Å². The smallest absolute Gasteiger partial charge is 0.345 e. The van der Waals surface area contributed by atoms with E-state index in [0.717, 1.165) is 17.8 Å². The second kappa shape index (κ2) is 8.52. The van der Waals surface area contributed by atoms with E-state index in [2.05, 4.69) is 9.97 Å². The monoisotopic (exact) mass is 405 g/mol. The average molecular weight is 405 g/mol. The van der Waals surface area contributed by atoms with Gasteiger partial charge in [0.2, 0.25) is 5.91 Å². The number of carbonyl (C=O) groups excluding carboxylic acids is 1. The van der Waals surface area contributed by atoms with Crippen LogP contribution in [0.5, 0.6) is 0 Å². The molecule has 0 saturated carbocycles. The average Bonchev–Trinajstić information content (AvgIpc) is 3.15. The number of nitrogens with zero attached hydrogens (tertiary/aromatic N) is 3. The van der Waals surface area contributed by atoms with Crippen molar-refractivity contribution in [3.8, 4) is 10.6 Å². The van der Waals surface area contributed by atoms with Gasteiger partial charge >= 0.3 is 6.18 Å². The predicted octanol–water partition coefficient (Wildman–Crippen LogP) is 4.47. The molecule has 0 aliphatic heterocycles. The van der Waals surface area contributed by atoms with E-state index >= 15 is 0 Å². The molecule has 3 rings (SSSR count). The highest BCUT2D eigenvalue weighted by Crippen LogP contribution is 2.33. The van der Waals surface area contributed by atoms with Crippen molar-refractivity contribution < 1.29 is 18.0 Å². The second-order valence-electron chi connectivity index (χ2n) is 6.29. The minimum Gasteiger partial charge on any atom is -0.345 e. The highest BCUT2D eigenvalue weighted by molar-refractivity contribution is 7.13. The van der Waals surface area contributed by atoms with Crippen molar-refractivity contribution >= 4 is 17.2 Å². The molecule has 146 valence electrons. The first-order chi connectivity index (χ1) is 13.3. The zero-order valence-corrected chi connectivity index (χ0v) is 15.9. The molecular formula is C20H18F3N3OS. The third-order valence-electron chi connectivity index (χ3n) is 4.18. The standard InChI is InChI=1S/C20H18F3N3OS/c1-26(10-8-16-7-2-3-9-24-16)18(27)12-17-13-28-19(25-17)14-5-4-6-15(11-14)20(21,22)23/h2-7,9,11,13H,8,10,12H2,1H3. The molecule has 0 radical (unpaired) electrons. The minimum atomic E-state index is -4.40. The molecule has 1 aromatic carbocycles. The third kappa shape index (κ3) is 5.16. The summed E-state index contributed by atoms with van der Waals surface area (Å²) in [7, 11) is 1.71. The number of halogens is 3. The lowest BCUT2D eigenvalue weighted by Gasteiger charge is -2.16. The van der Waals surface area contributed by atoms with Crippen molar-refractivity contribution in [2.45, 2.75) is 19.0 Å². The molecule has 2 heterocycles. The third-order valence-corrected chi connectivity index (χ3v) is 5.12. The van der Waals surface area contributed by atoms with Crippen molar-refractivity contribution in [1.29, 1.82) is 0 Å². The first kappa shape index (κ1) is 20.0. The molecule has 1 amide bonds. The van der Waals surface area contributed by atoms with Gasteiger partial charge in [0, 0.05) is 42.8 Å². The van der Waals surface area contributed by atoms with Crippen LogP contribution in [0, 0.1) is 0 Å². The lowest BCUT2D eigenvalue weighted by molar-refractivity contribution is -0.137. The lowest BCUT2D eigenvalue weighted by atomic mass is 10.1. The van der Waals surface area contributed by atoms with Gasteiger partial charge in [0.1, 0.15) is 5.01 Å². The number of rotatable bonds is 6. The first-order valence-electron chi connectivity index (χ1n) is 8.59. The summed E-state index contributed by atoms with van der Waals surface area (Å²) < 4.78 is 38.6. The fourth-order valence-electron chi connectivity index (χ4n) is 2.59. The van der Waals surface area contributed by atoms with E-state index in [0.29, 0.717) is 29.2 Å². The van der Waals surface area contributed by atoms with Crippen molar-refractivity contribution in [2.75, 3.05) is 13.6 Å². The molecule has 0 fully saturated rings. The molecule has 3 aromatic rings. The molecule has 0 N–H and O–H groups in total. The first-order valence-corrected chi connectivity index (χ1v) is 9.47. The molecule has 0 saturated heterocycles. The Labute approximate surface area is 164 Å². The number of hydrogen-bond donors (Lipinski definition) is 0. The van der Waals surface area contributed by atoms with Crippen molar-refractivity contribution in [3.05, 3.63) is 71.0 Å². The maximum atomic E-state index is 12.9. The van der Waals surface area contributed by atoms with Gasteiger partial charge in [0.25, 0.3) is 0 Å². The van der Waals surface area contributed by atoms with Gasteiger partial charge < -0.3 is 4.90 Å². The maximum Gasteiger partial charge on any atom is 0.416 e. The van der Waals surface area contributed by atoms with Crippen molar-refractivity contribution in [2.24, 2.45) is 0 Å². The van der Waals surface area contributed by atoms with E-state index < -0.39 is 11.7 Å². The van der Waals surface area contributed by atoms with Crippen molar-refractivity contribution in [3.63, 3.8) is 0 Å². The zero-order valence-electron chi connectivity index (χ0n) is 15.1. The fourth-order valence-corrected chi connectivity index (χ4v) is 3.41. The van der Waals surface area contributed by atoms with E-state index in [-0.39, 0.29) is 12.3 Å². The molecule has 0 bridgehead atoms. The van der Waals surface area contributed by atoms with Crippen molar-refractivity contribution in [1.82, 2.24) is 14.9 Å². The number of hydrogen-bond acceptors (Lipinski definition) is 4. The number of thiazole rings is 1. The Morgan fingerprint density at radius 2 is 1.96 bits per heavy atom. The minimum absolute atomic E-state index is 0.100. The van der Waals surface area contributed by atoms with E-state index in [4.69, 9.17) is 0 Å². The predicted molar refractivity (Wildman–Crippen MR) is 102 cm³/mol. The number of amides is 1. The number of carbonyl (C=O) groups is 1. The van der Waals surface area contributed by atoms with Crippen LogP contribution in [0.1, 0.15) is 17.0 Å². The van der Waals surface area contributed by atoms with Crippen LogP contribution in [0.3, 0.4) is 0 Å². The largest absolute Gasteiger partial charge is 0.416 e. The molecule has 0 unspecified atom stereocenters. The van der Waals surface area contributed by atoms with Crippen LogP contribution in [0.25, 0.3) is 10.6 Å². The van der Waals surface area contributed by atoms with E-state index in [1.807, 2.05) is 18.2 Å². The second-order valence-corrected chi connectivity index (χ2v) is 7.14. The molecule has 2 aromatic heterocycles. The molecule has 0 spiro atoms. The van der Waals surface area contributed by atoms with Crippen LogP contribution < -0.4 is 0 Å². The van der Waals surface area contributed by atoms with Crippen LogP contribution in [0.15, 0.2) is 54.0 Å². The summed E-state index contributed by atoms with van der Waals surface area (Å²) >= 11 is 1.23. The van der Waals surface area contributed by atoms with Gasteiger partial charge in [-0.2, -0.15) is 13.2 Å². The number of pyridine rings is 1. The molecule has 8 heteroatoms. The van der Waals surface area contributed by atoms with Crippen LogP contribution in [-0.4, -0.2) is 34.4 Å². The maximum absolute atomic E-state index is 12.9. The molecule has 0 atom stereocenters. The lowest BCUT2D eigenvalue weighted by Crippen LogP contribution is -2.30. The Bertz CT molecular complexity index is 941. The van der Waals surface area contributed by atoms with Gasteiger partial charge in [-0.25, -0.2) is 4.98 Å². The van der Waals surface area contributed by atoms with Gasteiger partial charge in [0.15, 0.2) is 0 Å². The zero-order chi connectivity index (χ0) is 20.1. The van der Waals surface area contributed by atoms with Gasteiger partial charge in [0.05, 0.1) is 17.7 Å². The topological polar surface area (TPSA) is 46.1 Å². The summed E-state index contributed by atoms with van der Waals surface area (Å²) in [5, 5.41) is 2.17. The Hall–Kier alpha value is -2.74. The number of benzene rings is 1. The molecular weight excluding hydrogens is 387 g/mol. The van der Waals surface area contributed by atoms with Crippen LogP contribution >= 0.6 is 11.3 Å². The summed E-state index contributed by atoms with van der Waals surface area (Å²) in [5.41, 5.74) is 1.13. The summed E-state index contributed by atoms with van der Waals surface area (Å²) in [6.07, 6.45) is -1.94. The number of alkyl halides is 3. The summed E-state index contributed by atoms with van der Waals surface area (Å²) in [4.78, 5) is 22.6. The van der Waals surface area contributed by atoms with Gasteiger partial charge in [-0.3, -0.25) is 9.78 Å². The highest BCUT2D eigenvalue weighted by Gasteiger charge is 2.30. The summed E-state index contributed by atoms with van der Waals surface area (Å²) in [5.74, 6) is -0.100. The quantitative estimate of drug-likeness (QED) is 0.608. The molecule has 4 nitrogen and oxygen atoms in total. The van der Waals surface area contributed by atoms with Gasteiger partial charge in [-0.1, -0.05) is 18.2 Å².